The molecule has 0 aliphatic carbocycles. The number of carboxylic acids is 1. The van der Waals surface area contributed by atoms with Crippen molar-refractivity contribution in [3.8, 4) is 0 Å². The van der Waals surface area contributed by atoms with Gasteiger partial charge in [0.15, 0.2) is 5.65 Å². The van der Waals surface area contributed by atoms with Gasteiger partial charge in [0, 0.05) is 19.3 Å². The molecule has 1 aliphatic heterocycles. The Morgan fingerprint density at radius 1 is 1.30 bits per heavy atom. The third-order valence-electron chi connectivity index (χ3n) is 4.38. The zero-order valence-corrected chi connectivity index (χ0v) is 13.5. The maximum absolute atomic E-state index is 13.0. The van der Waals surface area contributed by atoms with Crippen LogP contribution in [-0.2, 0) is 11.8 Å². The molecule has 0 radical (unpaired) electrons. The molecular formula is C16H20N4O3. The quantitative estimate of drug-likeness (QED) is 0.910. The summed E-state index contributed by atoms with van der Waals surface area (Å²) in [7, 11) is 1.79. The number of aromatic nitrogens is 3. The fraction of sp³-hybridized carbons (Fsp3) is 0.500. The largest absolute Gasteiger partial charge is 0.480 e. The number of rotatable bonds is 2. The monoisotopic (exact) mass is 316 g/mol. The van der Waals surface area contributed by atoms with Gasteiger partial charge in [0.05, 0.1) is 16.6 Å². The minimum atomic E-state index is -0.942. The van der Waals surface area contributed by atoms with E-state index >= 15 is 0 Å². The van der Waals surface area contributed by atoms with Crippen molar-refractivity contribution < 1.29 is 14.7 Å². The van der Waals surface area contributed by atoms with Gasteiger partial charge in [-0.1, -0.05) is 0 Å². The summed E-state index contributed by atoms with van der Waals surface area (Å²) in [5, 5.41) is 14.5. The molecule has 1 N–H and O–H groups in total. The van der Waals surface area contributed by atoms with Gasteiger partial charge in [0.1, 0.15) is 6.04 Å². The third-order valence-corrected chi connectivity index (χ3v) is 4.38. The second-order valence-electron chi connectivity index (χ2n) is 6.07. The Bertz CT molecular complexity index is 796. The smallest absolute Gasteiger partial charge is 0.326 e. The van der Waals surface area contributed by atoms with E-state index in [1.165, 1.54) is 4.90 Å². The van der Waals surface area contributed by atoms with Gasteiger partial charge in [-0.05, 0) is 39.2 Å². The van der Waals surface area contributed by atoms with Gasteiger partial charge in [-0.25, -0.2) is 9.78 Å². The molecule has 1 amide bonds. The van der Waals surface area contributed by atoms with Crippen LogP contribution in [0.1, 0.15) is 41.0 Å². The number of likely N-dealkylation sites (tertiary alicyclic amines) is 1. The van der Waals surface area contributed by atoms with E-state index in [2.05, 4.69) is 10.1 Å². The first kappa shape index (κ1) is 15.5. The zero-order chi connectivity index (χ0) is 16.7. The lowest BCUT2D eigenvalue weighted by Gasteiger charge is -2.33. The van der Waals surface area contributed by atoms with Crippen LogP contribution in [0.25, 0.3) is 11.0 Å². The van der Waals surface area contributed by atoms with E-state index in [9.17, 15) is 14.7 Å². The molecule has 7 heteroatoms. The predicted octanol–water partition coefficient (Wildman–Crippen LogP) is 1.66. The zero-order valence-electron chi connectivity index (χ0n) is 13.5. The highest BCUT2D eigenvalue weighted by atomic mass is 16.4. The van der Waals surface area contributed by atoms with Crippen LogP contribution in [0.15, 0.2) is 6.07 Å². The molecule has 23 heavy (non-hydrogen) atoms. The van der Waals surface area contributed by atoms with Crippen molar-refractivity contribution in [1.82, 2.24) is 19.7 Å². The van der Waals surface area contributed by atoms with Crippen LogP contribution in [-0.4, -0.2) is 49.2 Å². The Morgan fingerprint density at radius 3 is 2.74 bits per heavy atom. The summed E-state index contributed by atoms with van der Waals surface area (Å²) in [5.41, 5.74) is 2.58. The molecule has 0 saturated carbocycles. The van der Waals surface area contributed by atoms with Crippen LogP contribution in [0.5, 0.6) is 0 Å². The van der Waals surface area contributed by atoms with Gasteiger partial charge >= 0.3 is 5.97 Å². The number of carboxylic acid groups (broad SMARTS) is 1. The Morgan fingerprint density at radius 2 is 2.04 bits per heavy atom. The number of carbonyl (C=O) groups excluding carboxylic acids is 1. The van der Waals surface area contributed by atoms with Gasteiger partial charge in [-0.2, -0.15) is 5.10 Å². The summed E-state index contributed by atoms with van der Waals surface area (Å²) in [4.78, 5) is 30.4. The summed E-state index contributed by atoms with van der Waals surface area (Å²) in [6.45, 7) is 4.13. The first-order valence-corrected chi connectivity index (χ1v) is 7.75. The molecule has 0 unspecified atom stereocenters. The van der Waals surface area contributed by atoms with Crippen molar-refractivity contribution in [2.24, 2.45) is 7.05 Å². The lowest BCUT2D eigenvalue weighted by atomic mass is 10.00. The lowest BCUT2D eigenvalue weighted by Crippen LogP contribution is -2.48. The molecule has 0 spiro atoms. The SMILES string of the molecule is Cc1cc(C(=O)N2CCCC[C@@H]2C(=O)O)c2c(C)nn(C)c2n1. The molecule has 0 bridgehead atoms. The highest BCUT2D eigenvalue weighted by Crippen LogP contribution is 2.26. The Labute approximate surface area is 133 Å². The molecule has 1 fully saturated rings. The molecule has 1 atom stereocenters. The number of aliphatic carboxylic acids is 1. The summed E-state index contributed by atoms with van der Waals surface area (Å²) >= 11 is 0. The van der Waals surface area contributed by atoms with E-state index in [1.807, 2.05) is 13.8 Å². The molecule has 1 aliphatic rings. The van der Waals surface area contributed by atoms with E-state index < -0.39 is 12.0 Å². The molecule has 3 heterocycles. The molecule has 2 aromatic heterocycles. The molecule has 0 aromatic carbocycles. The second kappa shape index (κ2) is 5.64. The number of hydrogen-bond acceptors (Lipinski definition) is 4. The first-order chi connectivity index (χ1) is 10.9. The van der Waals surface area contributed by atoms with Crippen LogP contribution < -0.4 is 0 Å². The number of hydrogen-bond donors (Lipinski definition) is 1. The van der Waals surface area contributed by atoms with Crippen LogP contribution in [0.4, 0.5) is 0 Å². The van der Waals surface area contributed by atoms with E-state index in [1.54, 1.807) is 17.8 Å². The van der Waals surface area contributed by atoms with E-state index in [-0.39, 0.29) is 5.91 Å². The van der Waals surface area contributed by atoms with Crippen molar-refractivity contribution >= 4 is 22.9 Å². The predicted molar refractivity (Wildman–Crippen MR) is 84.3 cm³/mol. The standard InChI is InChI=1S/C16H20N4O3/c1-9-8-11(13-10(2)18-19(3)14(13)17-9)15(21)20-7-5-4-6-12(20)16(22)23/h8,12H,4-7H2,1-3H3,(H,22,23)/t12-/m1/s1. The molecule has 7 nitrogen and oxygen atoms in total. The second-order valence-corrected chi connectivity index (χ2v) is 6.07. The normalized spacial score (nSPS) is 18.4. The van der Waals surface area contributed by atoms with Gasteiger partial charge in [0.2, 0.25) is 0 Å². The lowest BCUT2D eigenvalue weighted by molar-refractivity contribution is -0.143. The van der Waals surface area contributed by atoms with Crippen molar-refractivity contribution in [3.05, 3.63) is 23.0 Å². The summed E-state index contributed by atoms with van der Waals surface area (Å²) in [6, 6.07) is 0.976. The maximum atomic E-state index is 13.0. The Hall–Kier alpha value is -2.44. The summed E-state index contributed by atoms with van der Waals surface area (Å²) in [5.74, 6) is -1.19. The van der Waals surface area contributed by atoms with Crippen LogP contribution in [0.3, 0.4) is 0 Å². The van der Waals surface area contributed by atoms with Crippen molar-refractivity contribution in [1.29, 1.82) is 0 Å². The van der Waals surface area contributed by atoms with E-state index in [4.69, 9.17) is 0 Å². The Balaban J connectivity index is 2.12. The highest BCUT2D eigenvalue weighted by molar-refractivity contribution is 6.07. The van der Waals surface area contributed by atoms with Crippen LogP contribution in [0, 0.1) is 13.8 Å². The highest BCUT2D eigenvalue weighted by Gasteiger charge is 2.33. The number of pyridine rings is 1. The number of fused-ring (bicyclic) bond motifs is 1. The van der Waals surface area contributed by atoms with E-state index in [0.717, 1.165) is 18.5 Å². The molecule has 122 valence electrons. The van der Waals surface area contributed by atoms with Crippen molar-refractivity contribution in [2.75, 3.05) is 6.54 Å². The number of amides is 1. The minimum absolute atomic E-state index is 0.247. The average Bonchev–Trinajstić information content (AvgIpc) is 2.80. The van der Waals surface area contributed by atoms with Gasteiger partial charge in [-0.15, -0.1) is 0 Å². The maximum Gasteiger partial charge on any atom is 0.326 e. The third kappa shape index (κ3) is 2.56. The number of carbonyl (C=O) groups is 2. The molecule has 1 saturated heterocycles. The summed E-state index contributed by atoms with van der Waals surface area (Å²) < 4.78 is 1.65. The fourth-order valence-electron chi connectivity index (χ4n) is 3.32. The Kier molecular flexibility index (Phi) is 3.79. The van der Waals surface area contributed by atoms with Gasteiger partial charge in [-0.3, -0.25) is 9.48 Å². The van der Waals surface area contributed by atoms with Gasteiger partial charge in [0.25, 0.3) is 5.91 Å². The number of piperidine rings is 1. The van der Waals surface area contributed by atoms with Gasteiger partial charge < -0.3 is 10.0 Å². The van der Waals surface area contributed by atoms with Crippen LogP contribution >= 0.6 is 0 Å². The topological polar surface area (TPSA) is 88.3 Å². The molecular weight excluding hydrogens is 296 g/mol. The average molecular weight is 316 g/mol. The number of aryl methyl sites for hydroxylation is 3. The van der Waals surface area contributed by atoms with E-state index in [0.29, 0.717) is 35.3 Å². The van der Waals surface area contributed by atoms with Crippen molar-refractivity contribution in [2.45, 2.75) is 39.2 Å². The fourth-order valence-corrected chi connectivity index (χ4v) is 3.32. The van der Waals surface area contributed by atoms with Crippen LogP contribution in [0.2, 0.25) is 0 Å². The minimum Gasteiger partial charge on any atom is -0.480 e. The molecule has 2 aromatic rings. The number of nitrogens with zero attached hydrogens (tertiary/aromatic N) is 4. The van der Waals surface area contributed by atoms with Crippen molar-refractivity contribution in [3.63, 3.8) is 0 Å². The first-order valence-electron chi connectivity index (χ1n) is 7.75. The molecule has 3 rings (SSSR count). The summed E-state index contributed by atoms with van der Waals surface area (Å²) in [6.07, 6.45) is 2.16.